The van der Waals surface area contributed by atoms with E-state index < -0.39 is 10.0 Å². The Morgan fingerprint density at radius 1 is 1.00 bits per heavy atom. The fourth-order valence-electron chi connectivity index (χ4n) is 5.10. The van der Waals surface area contributed by atoms with Crippen LogP contribution in [0.2, 0.25) is 5.02 Å². The highest BCUT2D eigenvalue weighted by atomic mass is 35.5. The van der Waals surface area contributed by atoms with Crippen molar-refractivity contribution in [2.24, 2.45) is 0 Å². The van der Waals surface area contributed by atoms with Crippen LogP contribution in [-0.2, 0) is 16.6 Å². The van der Waals surface area contributed by atoms with Gasteiger partial charge in [0, 0.05) is 45.8 Å². The lowest BCUT2D eigenvalue weighted by molar-refractivity contribution is 0.441. The molecule has 4 nitrogen and oxygen atoms in total. The summed E-state index contributed by atoms with van der Waals surface area (Å²) in [5.41, 5.74) is 6.32. The van der Waals surface area contributed by atoms with E-state index in [1.165, 1.54) is 6.07 Å². The second-order valence-electron chi connectivity index (χ2n) is 9.38. The molecule has 1 aromatic heterocycles. The predicted octanol–water partition coefficient (Wildman–Crippen LogP) is 6.89. The van der Waals surface area contributed by atoms with Crippen molar-refractivity contribution in [2.45, 2.75) is 38.6 Å². The zero-order valence-electron chi connectivity index (χ0n) is 20.6. The average molecular weight is 523 g/mol. The Labute approximate surface area is 216 Å². The maximum atomic E-state index is 14.6. The lowest BCUT2D eigenvalue weighted by Crippen LogP contribution is -2.35. The van der Waals surface area contributed by atoms with Gasteiger partial charge in [-0.3, -0.25) is 0 Å². The Bertz CT molecular complexity index is 1600. The maximum absolute atomic E-state index is 14.6. The largest absolute Gasteiger partial charge is 0.340 e. The predicted molar refractivity (Wildman–Crippen MR) is 144 cm³/mol. The molecule has 0 saturated carbocycles. The lowest BCUT2D eigenvalue weighted by atomic mass is 9.97. The Balaban J connectivity index is 1.52. The third-order valence-corrected chi connectivity index (χ3v) is 9.42. The Hall–Kier alpha value is -2.93. The van der Waals surface area contributed by atoms with Crippen LogP contribution in [0, 0.1) is 26.6 Å². The normalized spacial score (nSPS) is 14.9. The summed E-state index contributed by atoms with van der Waals surface area (Å²) in [4.78, 5) is 0.369. The van der Waals surface area contributed by atoms with Crippen LogP contribution < -0.4 is 0 Å². The average Bonchev–Trinajstić information content (AvgIpc) is 3.14. The van der Waals surface area contributed by atoms with E-state index in [1.807, 2.05) is 57.2 Å². The minimum absolute atomic E-state index is 0.309. The van der Waals surface area contributed by atoms with Gasteiger partial charge in [0.1, 0.15) is 5.82 Å². The number of nitrogens with zero attached hydrogens (tertiary/aromatic N) is 2. The van der Waals surface area contributed by atoms with Crippen LogP contribution in [0.5, 0.6) is 0 Å². The monoisotopic (exact) mass is 522 g/mol. The van der Waals surface area contributed by atoms with E-state index in [1.54, 1.807) is 22.5 Å². The molecular weight excluding hydrogens is 495 g/mol. The van der Waals surface area contributed by atoms with E-state index in [-0.39, 0.29) is 5.82 Å². The van der Waals surface area contributed by atoms with E-state index in [0.29, 0.717) is 41.5 Å². The molecule has 5 rings (SSSR count). The molecule has 0 unspecified atom stereocenters. The summed E-state index contributed by atoms with van der Waals surface area (Å²) in [6.45, 7) is 6.79. The van der Waals surface area contributed by atoms with Crippen LogP contribution in [0.1, 0.15) is 34.4 Å². The van der Waals surface area contributed by atoms with Gasteiger partial charge in [0.2, 0.25) is 10.0 Å². The third-order valence-electron chi connectivity index (χ3n) is 7.06. The van der Waals surface area contributed by atoms with Gasteiger partial charge in [-0.2, -0.15) is 4.31 Å². The summed E-state index contributed by atoms with van der Waals surface area (Å²) in [7, 11) is -3.59. The molecule has 0 aliphatic carbocycles. The third kappa shape index (κ3) is 4.27. The molecule has 4 aromatic rings. The molecule has 3 aromatic carbocycles. The smallest absolute Gasteiger partial charge is 0.243 e. The van der Waals surface area contributed by atoms with Crippen molar-refractivity contribution in [3.8, 4) is 0 Å². The molecule has 2 heterocycles. The molecule has 0 saturated heterocycles. The van der Waals surface area contributed by atoms with Crippen molar-refractivity contribution in [1.82, 2.24) is 8.87 Å². The van der Waals surface area contributed by atoms with Crippen molar-refractivity contribution in [2.75, 3.05) is 13.1 Å². The quantitative estimate of drug-likeness (QED) is 0.286. The first kappa shape index (κ1) is 24.8. The van der Waals surface area contributed by atoms with E-state index in [9.17, 15) is 12.8 Å². The number of hydrogen-bond acceptors (Lipinski definition) is 2. The zero-order valence-corrected chi connectivity index (χ0v) is 22.1. The number of rotatable bonds is 5. The fraction of sp³-hybridized carbons (Fsp3) is 0.241. The lowest BCUT2D eigenvalue weighted by Gasteiger charge is -2.27. The summed E-state index contributed by atoms with van der Waals surface area (Å²) in [5.74, 6) is -0.328. The molecule has 0 bridgehead atoms. The number of halogens is 2. The molecule has 0 atom stereocenters. The molecule has 0 spiro atoms. The molecule has 7 heteroatoms. The van der Waals surface area contributed by atoms with E-state index in [4.69, 9.17) is 11.6 Å². The number of sulfonamides is 1. The van der Waals surface area contributed by atoms with Crippen molar-refractivity contribution in [3.05, 3.63) is 106 Å². The Morgan fingerprint density at radius 3 is 2.50 bits per heavy atom. The first-order chi connectivity index (χ1) is 17.2. The molecule has 1 aliphatic rings. The maximum Gasteiger partial charge on any atom is 0.243 e. The van der Waals surface area contributed by atoms with Crippen molar-refractivity contribution >= 4 is 38.1 Å². The van der Waals surface area contributed by atoms with Crippen LogP contribution in [0.15, 0.2) is 71.6 Å². The minimum Gasteiger partial charge on any atom is -0.340 e. The first-order valence-corrected chi connectivity index (χ1v) is 13.8. The van der Waals surface area contributed by atoms with Gasteiger partial charge in [0.05, 0.1) is 11.4 Å². The summed E-state index contributed by atoms with van der Waals surface area (Å²) in [5, 5.41) is 1.47. The first-order valence-electron chi connectivity index (χ1n) is 12.0. The van der Waals surface area contributed by atoms with E-state index in [2.05, 4.69) is 10.6 Å². The second-order valence-corrected chi connectivity index (χ2v) is 11.7. The van der Waals surface area contributed by atoms with Crippen LogP contribution >= 0.6 is 11.6 Å². The summed E-state index contributed by atoms with van der Waals surface area (Å²) in [6.07, 6.45) is 2.61. The van der Waals surface area contributed by atoms with Gasteiger partial charge in [0.25, 0.3) is 0 Å². The van der Waals surface area contributed by atoms with Crippen molar-refractivity contribution in [1.29, 1.82) is 0 Å². The van der Waals surface area contributed by atoms with E-state index >= 15 is 0 Å². The number of fused-ring (bicyclic) bond motifs is 1. The van der Waals surface area contributed by atoms with Gasteiger partial charge in [-0.25, -0.2) is 12.8 Å². The van der Waals surface area contributed by atoms with Crippen LogP contribution in [0.4, 0.5) is 4.39 Å². The van der Waals surface area contributed by atoms with Gasteiger partial charge in [-0.1, -0.05) is 54.1 Å². The molecule has 0 radical (unpaired) electrons. The number of aryl methyl sites for hydroxylation is 2. The molecule has 186 valence electrons. The summed E-state index contributed by atoms with van der Waals surface area (Å²) >= 11 is 6.34. The number of benzene rings is 3. The summed E-state index contributed by atoms with van der Waals surface area (Å²) < 4.78 is 45.0. The van der Waals surface area contributed by atoms with Gasteiger partial charge in [0.15, 0.2) is 0 Å². The highest BCUT2D eigenvalue weighted by molar-refractivity contribution is 7.89. The van der Waals surface area contributed by atoms with Crippen LogP contribution in [0.25, 0.3) is 16.5 Å². The van der Waals surface area contributed by atoms with Crippen molar-refractivity contribution in [3.63, 3.8) is 0 Å². The van der Waals surface area contributed by atoms with Gasteiger partial charge >= 0.3 is 0 Å². The van der Waals surface area contributed by atoms with Crippen molar-refractivity contribution < 1.29 is 12.8 Å². The summed E-state index contributed by atoms with van der Waals surface area (Å²) in [6, 6.07) is 18.3. The minimum atomic E-state index is -3.59. The molecular formula is C29H28ClFN2O2S. The van der Waals surface area contributed by atoms with Crippen LogP contribution in [0.3, 0.4) is 0 Å². The van der Waals surface area contributed by atoms with Gasteiger partial charge in [-0.05, 0) is 68.2 Å². The highest BCUT2D eigenvalue weighted by Gasteiger charge is 2.29. The van der Waals surface area contributed by atoms with Crippen LogP contribution in [-0.4, -0.2) is 30.4 Å². The van der Waals surface area contributed by atoms with Gasteiger partial charge < -0.3 is 4.57 Å². The standard InChI is InChI=1S/C29H28ClFN2O2S/c1-19-11-12-20(2)28(17-19)36(34,35)32-15-13-22(14-16-32)29-21(3)33(27-10-5-4-7-23(27)29)18-24-25(30)8-6-9-26(24)31/h4-13,17H,14-16,18H2,1-3H3. The highest BCUT2D eigenvalue weighted by Crippen LogP contribution is 2.36. The Morgan fingerprint density at radius 2 is 1.78 bits per heavy atom. The molecule has 0 amide bonds. The van der Waals surface area contributed by atoms with Gasteiger partial charge in [-0.15, -0.1) is 0 Å². The topological polar surface area (TPSA) is 42.3 Å². The fourth-order valence-corrected chi connectivity index (χ4v) is 7.01. The molecule has 0 fully saturated rings. The van der Waals surface area contributed by atoms with E-state index in [0.717, 1.165) is 38.9 Å². The number of hydrogen-bond donors (Lipinski definition) is 0. The molecule has 0 N–H and O–H groups in total. The Kier molecular flexibility index (Phi) is 6.54. The molecule has 1 aliphatic heterocycles. The second kappa shape index (κ2) is 9.51. The SMILES string of the molecule is Cc1ccc(C)c(S(=O)(=O)N2CC=C(c3c(C)n(Cc4c(F)cccc4Cl)c4ccccc34)CC2)c1. The zero-order chi connectivity index (χ0) is 25.6. The number of para-hydroxylation sites is 1. The number of aromatic nitrogens is 1. The molecule has 36 heavy (non-hydrogen) atoms.